The standard InChI is InChI=1S/C17H16ClN3OS/c1-2-21-14-6-4-3-5-13(14)20-16(21)11-19-17(22)10-8-12-7-9-15(18)23-12/h3-10H,2,11H2,1H3,(H,19,22)/b10-8+. The van der Waals surface area contributed by atoms with Crippen LogP contribution < -0.4 is 5.32 Å². The molecule has 118 valence electrons. The summed E-state index contributed by atoms with van der Waals surface area (Å²) in [7, 11) is 0. The van der Waals surface area contributed by atoms with Crippen LogP contribution in [0.5, 0.6) is 0 Å². The Balaban J connectivity index is 1.68. The predicted octanol–water partition coefficient (Wildman–Crippen LogP) is 4.10. The third-order valence-electron chi connectivity index (χ3n) is 3.46. The van der Waals surface area contributed by atoms with Gasteiger partial charge in [-0.25, -0.2) is 4.98 Å². The van der Waals surface area contributed by atoms with Crippen LogP contribution in [0.25, 0.3) is 17.1 Å². The third kappa shape index (κ3) is 3.63. The molecule has 0 aliphatic carbocycles. The van der Waals surface area contributed by atoms with Gasteiger partial charge in [0.15, 0.2) is 0 Å². The highest BCUT2D eigenvalue weighted by Gasteiger charge is 2.09. The zero-order valence-corrected chi connectivity index (χ0v) is 14.2. The van der Waals surface area contributed by atoms with Crippen LogP contribution in [-0.2, 0) is 17.9 Å². The summed E-state index contributed by atoms with van der Waals surface area (Å²) in [6.45, 7) is 3.28. The van der Waals surface area contributed by atoms with Gasteiger partial charge >= 0.3 is 0 Å². The van der Waals surface area contributed by atoms with Crippen LogP contribution >= 0.6 is 22.9 Å². The molecule has 0 fully saturated rings. The molecule has 0 radical (unpaired) electrons. The molecule has 23 heavy (non-hydrogen) atoms. The van der Waals surface area contributed by atoms with E-state index in [1.807, 2.05) is 36.4 Å². The lowest BCUT2D eigenvalue weighted by atomic mass is 10.3. The minimum atomic E-state index is -0.149. The second kappa shape index (κ2) is 6.98. The summed E-state index contributed by atoms with van der Waals surface area (Å²) in [6.07, 6.45) is 3.27. The fraction of sp³-hybridized carbons (Fsp3) is 0.176. The SMILES string of the molecule is CCn1c(CNC(=O)/C=C/c2ccc(Cl)s2)nc2ccccc21. The first kappa shape index (κ1) is 15.8. The summed E-state index contributed by atoms with van der Waals surface area (Å²) in [5.74, 6) is 0.707. The normalized spacial score (nSPS) is 11.4. The van der Waals surface area contributed by atoms with Crippen LogP contribution in [0.15, 0.2) is 42.5 Å². The summed E-state index contributed by atoms with van der Waals surface area (Å²) in [5.41, 5.74) is 2.03. The van der Waals surface area contributed by atoms with E-state index in [1.165, 1.54) is 17.4 Å². The molecule has 1 N–H and O–H groups in total. The Morgan fingerprint density at radius 3 is 2.91 bits per heavy atom. The van der Waals surface area contributed by atoms with Crippen LogP contribution in [0.4, 0.5) is 0 Å². The third-order valence-corrected chi connectivity index (χ3v) is 4.66. The van der Waals surface area contributed by atoms with E-state index < -0.39 is 0 Å². The van der Waals surface area contributed by atoms with Gasteiger partial charge in [0.2, 0.25) is 5.91 Å². The number of thiophene rings is 1. The largest absolute Gasteiger partial charge is 0.345 e. The molecule has 0 unspecified atom stereocenters. The first-order valence-corrected chi connectivity index (χ1v) is 8.52. The zero-order chi connectivity index (χ0) is 16.2. The van der Waals surface area contributed by atoms with Crippen molar-refractivity contribution in [2.24, 2.45) is 0 Å². The van der Waals surface area contributed by atoms with Gasteiger partial charge in [-0.2, -0.15) is 0 Å². The Morgan fingerprint density at radius 2 is 2.17 bits per heavy atom. The highest BCUT2D eigenvalue weighted by molar-refractivity contribution is 7.17. The number of amides is 1. The van der Waals surface area contributed by atoms with E-state index in [0.29, 0.717) is 10.9 Å². The fourth-order valence-electron chi connectivity index (χ4n) is 2.41. The number of carbonyl (C=O) groups excluding carboxylic acids is 1. The van der Waals surface area contributed by atoms with Crippen molar-refractivity contribution in [3.05, 3.63) is 57.5 Å². The number of rotatable bonds is 5. The smallest absolute Gasteiger partial charge is 0.244 e. The van der Waals surface area contributed by atoms with Gasteiger partial charge in [-0.15, -0.1) is 11.3 Å². The van der Waals surface area contributed by atoms with E-state index >= 15 is 0 Å². The number of aromatic nitrogens is 2. The molecule has 1 aromatic carbocycles. The highest BCUT2D eigenvalue weighted by atomic mass is 35.5. The molecule has 0 saturated carbocycles. The van der Waals surface area contributed by atoms with Gasteiger partial charge in [0.1, 0.15) is 5.82 Å². The van der Waals surface area contributed by atoms with E-state index in [-0.39, 0.29) is 5.91 Å². The Labute approximate surface area is 143 Å². The topological polar surface area (TPSA) is 46.9 Å². The van der Waals surface area contributed by atoms with Crippen LogP contribution in [0.1, 0.15) is 17.6 Å². The molecule has 0 spiro atoms. The Morgan fingerprint density at radius 1 is 1.35 bits per heavy atom. The van der Waals surface area contributed by atoms with Crippen molar-refractivity contribution in [3.63, 3.8) is 0 Å². The maximum absolute atomic E-state index is 11.9. The minimum absolute atomic E-state index is 0.149. The highest BCUT2D eigenvalue weighted by Crippen LogP contribution is 2.22. The lowest BCUT2D eigenvalue weighted by molar-refractivity contribution is -0.116. The molecule has 6 heteroatoms. The number of nitrogens with one attached hydrogen (secondary N) is 1. The Hall–Kier alpha value is -2.11. The molecule has 2 aromatic heterocycles. The van der Waals surface area contributed by atoms with Gasteiger partial charge in [-0.3, -0.25) is 4.79 Å². The van der Waals surface area contributed by atoms with Gasteiger partial charge in [-0.1, -0.05) is 23.7 Å². The first-order valence-electron chi connectivity index (χ1n) is 7.32. The minimum Gasteiger partial charge on any atom is -0.345 e. The van der Waals surface area contributed by atoms with E-state index in [0.717, 1.165) is 28.3 Å². The zero-order valence-electron chi connectivity index (χ0n) is 12.6. The summed E-state index contributed by atoms with van der Waals surface area (Å²) < 4.78 is 2.82. The molecule has 2 heterocycles. The number of hydrogen-bond donors (Lipinski definition) is 1. The monoisotopic (exact) mass is 345 g/mol. The van der Waals surface area contributed by atoms with E-state index in [1.54, 1.807) is 6.08 Å². The van der Waals surface area contributed by atoms with Crippen molar-refractivity contribution in [2.75, 3.05) is 0 Å². The van der Waals surface area contributed by atoms with Gasteiger partial charge in [0.05, 0.1) is 21.9 Å². The van der Waals surface area contributed by atoms with Gasteiger partial charge in [-0.05, 0) is 37.3 Å². The van der Waals surface area contributed by atoms with E-state index in [2.05, 4.69) is 21.8 Å². The van der Waals surface area contributed by atoms with Crippen molar-refractivity contribution in [1.82, 2.24) is 14.9 Å². The average molecular weight is 346 g/mol. The predicted molar refractivity (Wildman–Crippen MR) is 95.6 cm³/mol. The molecule has 4 nitrogen and oxygen atoms in total. The summed E-state index contributed by atoms with van der Waals surface area (Å²) in [5, 5.41) is 2.87. The van der Waals surface area contributed by atoms with Crippen molar-refractivity contribution in [2.45, 2.75) is 20.0 Å². The first-order chi connectivity index (χ1) is 11.2. The van der Waals surface area contributed by atoms with Crippen molar-refractivity contribution < 1.29 is 4.79 Å². The molecule has 0 bridgehead atoms. The van der Waals surface area contributed by atoms with E-state index in [4.69, 9.17) is 11.6 Å². The fourth-order valence-corrected chi connectivity index (χ4v) is 3.38. The number of fused-ring (bicyclic) bond motifs is 1. The van der Waals surface area contributed by atoms with Crippen LogP contribution in [0, 0.1) is 0 Å². The molecular formula is C17H16ClN3OS. The molecule has 1 amide bonds. The van der Waals surface area contributed by atoms with Crippen molar-refractivity contribution >= 4 is 46.0 Å². The van der Waals surface area contributed by atoms with Crippen LogP contribution in [0.3, 0.4) is 0 Å². The number of halogens is 1. The van der Waals surface area contributed by atoms with Gasteiger partial charge < -0.3 is 9.88 Å². The maximum Gasteiger partial charge on any atom is 0.244 e. The van der Waals surface area contributed by atoms with Crippen LogP contribution in [0.2, 0.25) is 4.34 Å². The molecule has 3 rings (SSSR count). The molecular weight excluding hydrogens is 330 g/mol. The summed E-state index contributed by atoms with van der Waals surface area (Å²) in [6, 6.07) is 11.7. The molecule has 0 atom stereocenters. The van der Waals surface area contributed by atoms with Crippen molar-refractivity contribution in [3.8, 4) is 0 Å². The number of hydrogen-bond acceptors (Lipinski definition) is 3. The second-order valence-electron chi connectivity index (χ2n) is 4.95. The average Bonchev–Trinajstić information content (AvgIpc) is 3.13. The lowest BCUT2D eigenvalue weighted by Gasteiger charge is -2.06. The number of carbonyl (C=O) groups is 1. The van der Waals surface area contributed by atoms with Gasteiger partial charge in [0, 0.05) is 17.5 Å². The maximum atomic E-state index is 11.9. The number of benzene rings is 1. The van der Waals surface area contributed by atoms with Gasteiger partial charge in [0.25, 0.3) is 0 Å². The number of para-hydroxylation sites is 2. The number of aryl methyl sites for hydroxylation is 1. The van der Waals surface area contributed by atoms with Crippen LogP contribution in [-0.4, -0.2) is 15.5 Å². The Bertz CT molecular complexity index is 866. The van der Waals surface area contributed by atoms with E-state index in [9.17, 15) is 4.79 Å². The number of nitrogens with zero attached hydrogens (tertiary/aromatic N) is 2. The molecule has 0 aliphatic rings. The summed E-state index contributed by atoms with van der Waals surface area (Å²) >= 11 is 7.30. The Kier molecular flexibility index (Phi) is 4.79. The summed E-state index contributed by atoms with van der Waals surface area (Å²) in [4.78, 5) is 17.5. The second-order valence-corrected chi connectivity index (χ2v) is 6.70. The van der Waals surface area contributed by atoms with Crippen molar-refractivity contribution in [1.29, 1.82) is 0 Å². The molecule has 3 aromatic rings. The number of imidazole rings is 1. The lowest BCUT2D eigenvalue weighted by Crippen LogP contribution is -2.22. The molecule has 0 aliphatic heterocycles. The molecule has 0 saturated heterocycles. The quantitative estimate of drug-likeness (QED) is 0.708.